The Balaban J connectivity index is 1.45. The van der Waals surface area contributed by atoms with Gasteiger partial charge >= 0.3 is 11.8 Å². The topological polar surface area (TPSA) is 106 Å². The third-order valence-corrected chi connectivity index (χ3v) is 4.34. The molecule has 0 spiro atoms. The molecule has 0 unspecified atom stereocenters. The summed E-state index contributed by atoms with van der Waals surface area (Å²) < 4.78 is 11.1. The molecule has 8 nitrogen and oxygen atoms in total. The van der Waals surface area contributed by atoms with Crippen LogP contribution in [0.1, 0.15) is 32.1 Å². The quantitative estimate of drug-likeness (QED) is 0.693. The van der Waals surface area contributed by atoms with Gasteiger partial charge in [0.15, 0.2) is 11.5 Å². The normalized spacial score (nSPS) is 16.5. The molecule has 1 aromatic carbocycles. The minimum absolute atomic E-state index is 0.0591. The van der Waals surface area contributed by atoms with Crippen LogP contribution in [0.3, 0.4) is 0 Å². The number of fused-ring (bicyclic) bond motifs is 1. The Kier molecular flexibility index (Phi) is 5.93. The summed E-state index contributed by atoms with van der Waals surface area (Å²) in [4.78, 5) is 35.5. The molecule has 26 heavy (non-hydrogen) atoms. The standard InChI is InChI=1S/C18H23N3O5/c22-16(11-19-17(23)18(24)21-12-4-1-2-5-12)20-13-6-7-14-15(10-13)26-9-3-8-25-14/h6-7,10,12H,1-5,8-9,11H2,(H,19,23)(H,20,22)(H,21,24). The highest BCUT2D eigenvalue weighted by Crippen LogP contribution is 2.32. The van der Waals surface area contributed by atoms with E-state index in [0.717, 1.165) is 32.1 Å². The van der Waals surface area contributed by atoms with Gasteiger partial charge in [0.2, 0.25) is 5.91 Å². The van der Waals surface area contributed by atoms with Gasteiger partial charge in [0.1, 0.15) is 0 Å². The molecule has 140 valence electrons. The molecule has 2 aliphatic rings. The van der Waals surface area contributed by atoms with Crippen molar-refractivity contribution in [3.8, 4) is 11.5 Å². The van der Waals surface area contributed by atoms with E-state index in [-0.39, 0.29) is 12.6 Å². The van der Waals surface area contributed by atoms with Crippen molar-refractivity contribution in [3.05, 3.63) is 18.2 Å². The maximum absolute atomic E-state index is 12.0. The Morgan fingerprint density at radius 2 is 1.69 bits per heavy atom. The van der Waals surface area contributed by atoms with Crippen molar-refractivity contribution in [2.24, 2.45) is 0 Å². The highest BCUT2D eigenvalue weighted by molar-refractivity contribution is 6.35. The highest BCUT2D eigenvalue weighted by Gasteiger charge is 2.21. The van der Waals surface area contributed by atoms with Gasteiger partial charge in [0.05, 0.1) is 19.8 Å². The van der Waals surface area contributed by atoms with Gasteiger partial charge < -0.3 is 25.4 Å². The number of anilines is 1. The smallest absolute Gasteiger partial charge is 0.309 e. The SMILES string of the molecule is O=C(CNC(=O)C(=O)NC1CCCC1)Nc1ccc2c(c1)OCCCO2. The molecule has 1 fully saturated rings. The molecule has 1 saturated carbocycles. The molecule has 1 aliphatic heterocycles. The zero-order chi connectivity index (χ0) is 18.4. The summed E-state index contributed by atoms with van der Waals surface area (Å²) >= 11 is 0. The first-order chi connectivity index (χ1) is 12.6. The van der Waals surface area contributed by atoms with Crippen molar-refractivity contribution in [1.29, 1.82) is 0 Å². The van der Waals surface area contributed by atoms with E-state index in [1.54, 1.807) is 18.2 Å². The minimum atomic E-state index is -0.800. The Hall–Kier alpha value is -2.77. The van der Waals surface area contributed by atoms with Gasteiger partial charge in [-0.3, -0.25) is 14.4 Å². The summed E-state index contributed by atoms with van der Waals surface area (Å²) in [5.74, 6) is -0.717. The van der Waals surface area contributed by atoms with Crippen molar-refractivity contribution in [2.45, 2.75) is 38.1 Å². The average Bonchev–Trinajstić information content (AvgIpc) is 3.02. The van der Waals surface area contributed by atoms with Crippen LogP contribution in [0.2, 0.25) is 0 Å². The third-order valence-electron chi connectivity index (χ3n) is 4.34. The number of carbonyl (C=O) groups excluding carboxylic acids is 3. The molecule has 0 atom stereocenters. The molecule has 8 heteroatoms. The van der Waals surface area contributed by atoms with Crippen molar-refractivity contribution >= 4 is 23.4 Å². The van der Waals surface area contributed by atoms with Crippen LogP contribution in [0.25, 0.3) is 0 Å². The molecular formula is C18H23N3O5. The molecule has 3 amide bonds. The fourth-order valence-electron chi connectivity index (χ4n) is 3.01. The van der Waals surface area contributed by atoms with Gasteiger partial charge in [-0.05, 0) is 25.0 Å². The Morgan fingerprint density at radius 1 is 0.962 bits per heavy atom. The van der Waals surface area contributed by atoms with Crippen LogP contribution in [0, 0.1) is 0 Å². The lowest BCUT2D eigenvalue weighted by Crippen LogP contribution is -2.45. The number of rotatable bonds is 4. The molecule has 0 bridgehead atoms. The summed E-state index contributed by atoms with van der Waals surface area (Å²) in [6.07, 6.45) is 4.70. The lowest BCUT2D eigenvalue weighted by molar-refractivity contribution is -0.140. The van der Waals surface area contributed by atoms with Crippen LogP contribution in [0.4, 0.5) is 5.69 Å². The number of nitrogens with one attached hydrogen (secondary N) is 3. The van der Waals surface area contributed by atoms with Gasteiger partial charge in [-0.25, -0.2) is 0 Å². The van der Waals surface area contributed by atoms with Crippen LogP contribution in [0.15, 0.2) is 18.2 Å². The van der Waals surface area contributed by atoms with Crippen molar-refractivity contribution in [2.75, 3.05) is 25.1 Å². The second-order valence-corrected chi connectivity index (χ2v) is 6.40. The lowest BCUT2D eigenvalue weighted by Gasteiger charge is -2.12. The number of carbonyl (C=O) groups is 3. The van der Waals surface area contributed by atoms with E-state index < -0.39 is 17.7 Å². The van der Waals surface area contributed by atoms with Crippen LogP contribution < -0.4 is 25.4 Å². The predicted octanol–water partition coefficient (Wildman–Crippen LogP) is 0.961. The summed E-state index contributed by atoms with van der Waals surface area (Å²) in [5, 5.41) is 7.67. The molecular weight excluding hydrogens is 338 g/mol. The van der Waals surface area contributed by atoms with Crippen molar-refractivity contribution in [3.63, 3.8) is 0 Å². The average molecular weight is 361 g/mol. The Morgan fingerprint density at radius 3 is 2.46 bits per heavy atom. The Labute approximate surface area is 151 Å². The first kappa shape index (κ1) is 18.0. The predicted molar refractivity (Wildman–Crippen MR) is 94.1 cm³/mol. The van der Waals surface area contributed by atoms with Crippen LogP contribution >= 0.6 is 0 Å². The molecule has 3 N–H and O–H groups in total. The van der Waals surface area contributed by atoms with Gasteiger partial charge in [-0.1, -0.05) is 12.8 Å². The second-order valence-electron chi connectivity index (χ2n) is 6.40. The molecule has 1 aromatic rings. The largest absolute Gasteiger partial charge is 0.490 e. The van der Waals surface area contributed by atoms with Crippen molar-refractivity contribution in [1.82, 2.24) is 10.6 Å². The van der Waals surface area contributed by atoms with Crippen LogP contribution in [0.5, 0.6) is 11.5 Å². The number of benzene rings is 1. The van der Waals surface area contributed by atoms with Gasteiger partial charge in [-0.15, -0.1) is 0 Å². The third kappa shape index (κ3) is 4.87. The number of amides is 3. The number of hydrogen-bond donors (Lipinski definition) is 3. The molecule has 0 aromatic heterocycles. The monoisotopic (exact) mass is 361 g/mol. The zero-order valence-electron chi connectivity index (χ0n) is 14.5. The van der Waals surface area contributed by atoms with E-state index in [0.29, 0.717) is 30.4 Å². The second kappa shape index (κ2) is 8.55. The minimum Gasteiger partial charge on any atom is -0.490 e. The maximum Gasteiger partial charge on any atom is 0.309 e. The van der Waals surface area contributed by atoms with E-state index in [4.69, 9.17) is 9.47 Å². The van der Waals surface area contributed by atoms with Crippen LogP contribution in [-0.4, -0.2) is 43.5 Å². The first-order valence-electron chi connectivity index (χ1n) is 8.90. The van der Waals surface area contributed by atoms with Gasteiger partial charge in [0.25, 0.3) is 0 Å². The molecule has 3 rings (SSSR count). The van der Waals surface area contributed by atoms with E-state index in [9.17, 15) is 14.4 Å². The van der Waals surface area contributed by atoms with Gasteiger partial charge in [-0.2, -0.15) is 0 Å². The maximum atomic E-state index is 12.0. The zero-order valence-corrected chi connectivity index (χ0v) is 14.5. The molecule has 1 heterocycles. The first-order valence-corrected chi connectivity index (χ1v) is 8.90. The lowest BCUT2D eigenvalue weighted by atomic mass is 10.2. The van der Waals surface area contributed by atoms with E-state index in [2.05, 4.69) is 16.0 Å². The molecule has 1 aliphatic carbocycles. The van der Waals surface area contributed by atoms with E-state index >= 15 is 0 Å². The highest BCUT2D eigenvalue weighted by atomic mass is 16.5. The fraction of sp³-hybridized carbons (Fsp3) is 0.500. The molecule has 0 saturated heterocycles. The van der Waals surface area contributed by atoms with Crippen LogP contribution in [-0.2, 0) is 14.4 Å². The summed E-state index contributed by atoms with van der Waals surface area (Å²) in [7, 11) is 0. The van der Waals surface area contributed by atoms with E-state index in [1.807, 2.05) is 0 Å². The Bertz CT molecular complexity index is 685. The number of ether oxygens (including phenoxy) is 2. The summed E-state index contributed by atoms with van der Waals surface area (Å²) in [5.41, 5.74) is 0.531. The van der Waals surface area contributed by atoms with Gasteiger partial charge in [0, 0.05) is 24.2 Å². The van der Waals surface area contributed by atoms with Crippen molar-refractivity contribution < 1.29 is 23.9 Å². The molecule has 0 radical (unpaired) electrons. The number of hydrogen-bond acceptors (Lipinski definition) is 5. The van der Waals surface area contributed by atoms with E-state index in [1.165, 1.54) is 0 Å². The summed E-state index contributed by atoms with van der Waals surface area (Å²) in [6, 6.07) is 5.15. The fourth-order valence-corrected chi connectivity index (χ4v) is 3.01. The summed E-state index contributed by atoms with van der Waals surface area (Å²) in [6.45, 7) is 0.857.